The van der Waals surface area contributed by atoms with Crippen LogP contribution in [0.5, 0.6) is 0 Å². The summed E-state index contributed by atoms with van der Waals surface area (Å²) in [5.74, 6) is -2.39. The first-order valence-corrected chi connectivity index (χ1v) is 22.7. The Morgan fingerprint density at radius 2 is 0.608 bits per heavy atom. The zero-order chi connectivity index (χ0) is 38.4. The summed E-state index contributed by atoms with van der Waals surface area (Å²) in [6.07, 6.45) is 0.281. The molecule has 6 bridgehead atoms. The van der Waals surface area contributed by atoms with E-state index in [0.29, 0.717) is 16.7 Å². The molecule has 3 saturated carbocycles. The number of hydrogen-bond donors (Lipinski definition) is 0. The molecule has 6 aliphatic rings. The third-order valence-electron chi connectivity index (χ3n) is 11.6. The van der Waals surface area contributed by atoms with Gasteiger partial charge in [0.2, 0.25) is 0 Å². The molecule has 0 N–H and O–H groups in total. The van der Waals surface area contributed by atoms with E-state index in [4.69, 9.17) is 244 Å². The molecule has 1 aromatic carbocycles. The van der Waals surface area contributed by atoms with E-state index in [1.807, 2.05) is 12.1 Å². The van der Waals surface area contributed by atoms with Gasteiger partial charge >= 0.3 is 0 Å². The van der Waals surface area contributed by atoms with E-state index in [9.17, 15) is 0 Å². The van der Waals surface area contributed by atoms with Crippen molar-refractivity contribution in [3.63, 3.8) is 0 Å². The molecule has 6 aliphatic carbocycles. The fourth-order valence-electron chi connectivity index (χ4n) is 8.84. The number of rotatable bonds is 6. The Labute approximate surface area is 398 Å². The lowest BCUT2D eigenvalue weighted by atomic mass is 9.77. The van der Waals surface area contributed by atoms with Crippen molar-refractivity contribution in [3.05, 3.63) is 65.1 Å². The summed E-state index contributed by atoms with van der Waals surface area (Å²) in [6.45, 7) is 0. The summed E-state index contributed by atoms with van der Waals surface area (Å²) < 4.78 is -5.75. The van der Waals surface area contributed by atoms with E-state index in [2.05, 4.69) is 0 Å². The fraction of sp³-hybridized carbons (Fsp3) is 0.600. The Bertz CT molecular complexity index is 1780. The van der Waals surface area contributed by atoms with Gasteiger partial charge in [0.05, 0.1) is 46.3 Å². The molecule has 3 fully saturated rings. The Hall–Kier alpha value is 4.53. The van der Waals surface area contributed by atoms with Gasteiger partial charge in [-0.05, 0) is 36.0 Å². The molecule has 12 atom stereocenters. The minimum atomic E-state index is -1.94. The molecule has 51 heavy (non-hydrogen) atoms. The molecule has 0 amide bonds. The average molecular weight is 1120 g/mol. The van der Waals surface area contributed by atoms with Crippen molar-refractivity contribution in [2.45, 2.75) is 77.6 Å². The van der Waals surface area contributed by atoms with E-state index in [1.54, 1.807) is 6.07 Å². The van der Waals surface area contributed by atoms with Crippen LogP contribution >= 0.6 is 244 Å². The second kappa shape index (κ2) is 13.0. The number of halogens is 21. The van der Waals surface area contributed by atoms with Crippen LogP contribution in [0.4, 0.5) is 0 Å². The Kier molecular flexibility index (Phi) is 11.1. The molecule has 1 aromatic rings. The van der Waals surface area contributed by atoms with Gasteiger partial charge in [0.25, 0.3) is 0 Å². The van der Waals surface area contributed by atoms with Gasteiger partial charge in [0.1, 0.15) is 29.2 Å². The van der Waals surface area contributed by atoms with Gasteiger partial charge in [-0.1, -0.05) is 157 Å². The minimum Gasteiger partial charge on any atom is -0.120 e. The number of benzene rings is 1. The molecule has 0 heterocycles. The molecule has 0 aromatic heterocycles. The van der Waals surface area contributed by atoms with Crippen molar-refractivity contribution < 1.29 is 0 Å². The predicted octanol–water partition coefficient (Wildman–Crippen LogP) is 15.5. The summed E-state index contributed by atoms with van der Waals surface area (Å²) in [6, 6.07) is 5.46. The highest BCUT2D eigenvalue weighted by atomic mass is 35.5. The second-order valence-corrected chi connectivity index (χ2v) is 24.8. The number of allylic oxidation sites excluding steroid dienone is 6. The van der Waals surface area contributed by atoms with E-state index in [0.717, 1.165) is 0 Å². The lowest BCUT2D eigenvalue weighted by molar-refractivity contribution is 0.440. The first-order valence-electron chi connectivity index (χ1n) is 14.6. The van der Waals surface area contributed by atoms with Crippen LogP contribution in [0.25, 0.3) is 0 Å². The first kappa shape index (κ1) is 43.6. The first-order chi connectivity index (χ1) is 23.1. The molecular weight excluding hydrogens is 1100 g/mol. The molecule has 21 heteroatoms. The topological polar surface area (TPSA) is 0 Å². The molecule has 0 nitrogen and oxygen atoms in total. The predicted molar refractivity (Wildman–Crippen MR) is 228 cm³/mol. The molecule has 0 spiro atoms. The molecular formula is C30H15Cl21. The van der Waals surface area contributed by atoms with Crippen LogP contribution in [0, 0.1) is 17.8 Å². The summed E-state index contributed by atoms with van der Waals surface area (Å²) in [4.78, 5) is -10.3. The molecule has 7 rings (SSSR count). The zero-order valence-corrected chi connectivity index (χ0v) is 40.1. The van der Waals surface area contributed by atoms with Crippen LogP contribution in [-0.2, 0) is 19.3 Å². The number of hydrogen-bond acceptors (Lipinski definition) is 0. The third kappa shape index (κ3) is 4.62. The maximum atomic E-state index is 7.28. The van der Waals surface area contributed by atoms with Crippen LogP contribution in [0.3, 0.4) is 0 Å². The van der Waals surface area contributed by atoms with Crippen LogP contribution in [0.1, 0.15) is 16.7 Å². The molecule has 0 saturated heterocycles. The molecule has 282 valence electrons. The maximum Gasteiger partial charge on any atom is 0.168 e. The van der Waals surface area contributed by atoms with Crippen LogP contribution in [-0.4, -0.2) is 58.4 Å². The third-order valence-corrected chi connectivity index (χ3v) is 26.8. The lowest BCUT2D eigenvalue weighted by Crippen LogP contribution is -2.45. The Morgan fingerprint density at radius 3 is 0.863 bits per heavy atom. The second-order valence-electron chi connectivity index (χ2n) is 13.6. The van der Waals surface area contributed by atoms with Crippen LogP contribution < -0.4 is 0 Å². The SMILES string of the molecule is ClC1=C(Cl)C2(Cl)C(Cc3cccc(CC4C(Cl)C5(Cl)C(Cl)=C(Cl)C4(Cl)C5(Cl)Cl)c3CC3C(Cl)C4(Cl)C(Cl)=C(Cl)C3(Cl)C4(Cl)Cl)C(Cl)C1(Cl)C2(Cl)Cl. The monoisotopic (exact) mass is 1110 g/mol. The number of alkyl halides is 15. The van der Waals surface area contributed by atoms with Gasteiger partial charge < -0.3 is 0 Å². The highest BCUT2D eigenvalue weighted by molar-refractivity contribution is 6.69. The van der Waals surface area contributed by atoms with Gasteiger partial charge in [-0.3, -0.25) is 0 Å². The Morgan fingerprint density at radius 1 is 0.373 bits per heavy atom. The zero-order valence-electron chi connectivity index (χ0n) is 24.3. The van der Waals surface area contributed by atoms with Crippen molar-refractivity contribution in [1.82, 2.24) is 0 Å². The van der Waals surface area contributed by atoms with Gasteiger partial charge in [0, 0.05) is 17.8 Å². The molecule has 12 unspecified atom stereocenters. The summed E-state index contributed by atoms with van der Waals surface area (Å²) >= 11 is 145. The summed E-state index contributed by atoms with van der Waals surface area (Å²) in [5, 5.41) is -3.25. The van der Waals surface area contributed by atoms with Crippen molar-refractivity contribution in [2.75, 3.05) is 0 Å². The van der Waals surface area contributed by atoms with E-state index in [1.165, 1.54) is 0 Å². The normalized spacial score (nSPS) is 48.6. The van der Waals surface area contributed by atoms with Crippen molar-refractivity contribution in [1.29, 1.82) is 0 Å². The quantitative estimate of drug-likeness (QED) is 0.249. The Balaban J connectivity index is 1.38. The summed E-state index contributed by atoms with van der Waals surface area (Å²) in [5.41, 5.74) is 1.98. The van der Waals surface area contributed by atoms with E-state index >= 15 is 0 Å². The maximum absolute atomic E-state index is 7.28. The average Bonchev–Trinajstić information content (AvgIpc) is 3.46. The highest BCUT2D eigenvalue weighted by Crippen LogP contribution is 2.78. The standard InChI is InChI=1S/C30H15Cl21/c31-13-10(22(40)16(34)19(37)25(13,43)28(22,46)47)4-7-2-1-3-8(5-11-14(32)26(44)20(38)17(35)23(11,41)29(26,48)49)9(7)6-12-15(33)27(45)21(39)18(36)24(12,42)30(27,50)51/h1-3,10-15H,4-6H2. The van der Waals surface area contributed by atoms with Crippen LogP contribution in [0.2, 0.25) is 0 Å². The fourth-order valence-corrected chi connectivity index (χ4v) is 19.9. The van der Waals surface area contributed by atoms with Gasteiger partial charge in [-0.25, -0.2) is 0 Å². The van der Waals surface area contributed by atoms with Crippen LogP contribution in [0.15, 0.2) is 48.4 Å². The van der Waals surface area contributed by atoms with E-state index in [-0.39, 0.29) is 49.5 Å². The van der Waals surface area contributed by atoms with E-state index < -0.39 is 76.1 Å². The van der Waals surface area contributed by atoms with Gasteiger partial charge in [-0.2, -0.15) is 0 Å². The summed E-state index contributed by atoms with van der Waals surface area (Å²) in [7, 11) is 0. The van der Waals surface area contributed by atoms with Crippen molar-refractivity contribution in [2.24, 2.45) is 17.8 Å². The highest BCUT2D eigenvalue weighted by Gasteiger charge is 2.84. The number of fused-ring (bicyclic) bond motifs is 6. The van der Waals surface area contributed by atoms with Crippen molar-refractivity contribution in [3.8, 4) is 0 Å². The van der Waals surface area contributed by atoms with Gasteiger partial charge in [-0.15, -0.1) is 104 Å². The smallest absolute Gasteiger partial charge is 0.120 e. The molecule has 0 radical (unpaired) electrons. The lowest BCUT2D eigenvalue weighted by Gasteiger charge is -2.38. The largest absolute Gasteiger partial charge is 0.168 e. The van der Waals surface area contributed by atoms with Gasteiger partial charge in [0.15, 0.2) is 13.0 Å². The van der Waals surface area contributed by atoms with Crippen molar-refractivity contribution >= 4 is 244 Å². The minimum absolute atomic E-state index is 0.0221. The molecule has 0 aliphatic heterocycles.